The number of hydrogen-bond acceptors (Lipinski definition) is 2. The van der Waals surface area contributed by atoms with E-state index < -0.39 is 0 Å². The fourth-order valence-electron chi connectivity index (χ4n) is 1.70. The zero-order valence-corrected chi connectivity index (χ0v) is 7.60. The van der Waals surface area contributed by atoms with Crippen LogP contribution in [0.25, 0.3) is 0 Å². The molecule has 0 aromatic rings. The molecule has 0 amide bonds. The van der Waals surface area contributed by atoms with Crippen molar-refractivity contribution < 1.29 is 4.74 Å². The van der Waals surface area contributed by atoms with Crippen molar-refractivity contribution in [1.82, 2.24) is 5.32 Å². The lowest BCUT2D eigenvalue weighted by Gasteiger charge is -2.15. The number of rotatable bonds is 4. The molecule has 2 nitrogen and oxygen atoms in total. The van der Waals surface area contributed by atoms with Gasteiger partial charge in [-0.1, -0.05) is 6.92 Å². The van der Waals surface area contributed by atoms with Crippen LogP contribution in [0.1, 0.15) is 26.7 Å². The summed E-state index contributed by atoms with van der Waals surface area (Å²) in [7, 11) is 0. The summed E-state index contributed by atoms with van der Waals surface area (Å²) in [6.07, 6.45) is 2.53. The van der Waals surface area contributed by atoms with E-state index in [1.807, 2.05) is 0 Å². The zero-order valence-electron chi connectivity index (χ0n) is 7.60. The van der Waals surface area contributed by atoms with Crippen molar-refractivity contribution in [1.29, 1.82) is 0 Å². The minimum absolute atomic E-state index is 0.659. The molecule has 1 N–H and O–H groups in total. The second-order valence-corrected chi connectivity index (χ2v) is 3.42. The van der Waals surface area contributed by atoms with Crippen LogP contribution >= 0.6 is 0 Å². The summed E-state index contributed by atoms with van der Waals surface area (Å²) in [4.78, 5) is 0. The standard InChI is InChI=1S/C9H19NO/c1-3-10-8(2)6-9-4-5-11-7-9/h8-10H,3-7H2,1-2H3. The van der Waals surface area contributed by atoms with Crippen molar-refractivity contribution in [3.05, 3.63) is 0 Å². The summed E-state index contributed by atoms with van der Waals surface area (Å²) >= 11 is 0. The van der Waals surface area contributed by atoms with Crippen molar-refractivity contribution in [2.24, 2.45) is 5.92 Å². The van der Waals surface area contributed by atoms with Gasteiger partial charge in [0.1, 0.15) is 0 Å². The molecule has 1 rings (SSSR count). The molecule has 1 heterocycles. The highest BCUT2D eigenvalue weighted by Gasteiger charge is 2.17. The van der Waals surface area contributed by atoms with Gasteiger partial charge in [0, 0.05) is 19.3 Å². The Hall–Kier alpha value is -0.0800. The molecule has 2 unspecified atom stereocenters. The van der Waals surface area contributed by atoms with Gasteiger partial charge in [-0.05, 0) is 32.2 Å². The van der Waals surface area contributed by atoms with E-state index in [-0.39, 0.29) is 0 Å². The maximum absolute atomic E-state index is 5.31. The first-order chi connectivity index (χ1) is 5.33. The predicted molar refractivity (Wildman–Crippen MR) is 46.7 cm³/mol. The molecule has 1 fully saturated rings. The molecular formula is C9H19NO. The molecule has 2 atom stereocenters. The molecule has 11 heavy (non-hydrogen) atoms. The number of hydrogen-bond donors (Lipinski definition) is 1. The average Bonchev–Trinajstić information content (AvgIpc) is 2.40. The molecule has 1 saturated heterocycles. The Bertz CT molecular complexity index is 99.7. The van der Waals surface area contributed by atoms with Crippen LogP contribution in [0.15, 0.2) is 0 Å². The fourth-order valence-corrected chi connectivity index (χ4v) is 1.70. The van der Waals surface area contributed by atoms with E-state index in [4.69, 9.17) is 4.74 Å². The molecule has 1 aliphatic rings. The summed E-state index contributed by atoms with van der Waals surface area (Å²) in [5.41, 5.74) is 0. The lowest BCUT2D eigenvalue weighted by atomic mass is 10.0. The SMILES string of the molecule is CCNC(C)CC1CCOC1. The van der Waals surface area contributed by atoms with E-state index in [1.165, 1.54) is 12.8 Å². The van der Waals surface area contributed by atoms with E-state index in [9.17, 15) is 0 Å². The van der Waals surface area contributed by atoms with E-state index in [1.54, 1.807) is 0 Å². The Morgan fingerprint density at radius 2 is 2.45 bits per heavy atom. The van der Waals surface area contributed by atoms with Crippen LogP contribution in [-0.4, -0.2) is 25.8 Å². The Morgan fingerprint density at radius 1 is 1.64 bits per heavy atom. The van der Waals surface area contributed by atoms with Crippen LogP contribution in [0.2, 0.25) is 0 Å². The van der Waals surface area contributed by atoms with Crippen molar-refractivity contribution in [2.45, 2.75) is 32.7 Å². The van der Waals surface area contributed by atoms with E-state index in [2.05, 4.69) is 19.2 Å². The molecule has 66 valence electrons. The summed E-state index contributed by atoms with van der Waals surface area (Å²) in [5.74, 6) is 0.809. The maximum atomic E-state index is 5.31. The van der Waals surface area contributed by atoms with Crippen molar-refractivity contribution in [2.75, 3.05) is 19.8 Å². The lowest BCUT2D eigenvalue weighted by Crippen LogP contribution is -2.28. The summed E-state index contributed by atoms with van der Waals surface area (Å²) < 4.78 is 5.31. The molecular weight excluding hydrogens is 138 g/mol. The topological polar surface area (TPSA) is 21.3 Å². The van der Waals surface area contributed by atoms with Gasteiger partial charge in [-0.3, -0.25) is 0 Å². The van der Waals surface area contributed by atoms with Crippen LogP contribution in [0, 0.1) is 5.92 Å². The molecule has 0 aromatic carbocycles. The zero-order chi connectivity index (χ0) is 8.10. The third kappa shape index (κ3) is 3.21. The normalized spacial score (nSPS) is 27.3. The third-order valence-corrected chi connectivity index (χ3v) is 2.26. The number of ether oxygens (including phenoxy) is 1. The first-order valence-electron chi connectivity index (χ1n) is 4.64. The molecule has 2 heteroatoms. The Balaban J connectivity index is 2.08. The Kier molecular flexibility index (Phi) is 3.87. The first-order valence-corrected chi connectivity index (χ1v) is 4.64. The highest BCUT2D eigenvalue weighted by molar-refractivity contribution is 4.70. The Labute approximate surface area is 69.3 Å². The van der Waals surface area contributed by atoms with Crippen LogP contribution in [0.3, 0.4) is 0 Å². The van der Waals surface area contributed by atoms with E-state index >= 15 is 0 Å². The second-order valence-electron chi connectivity index (χ2n) is 3.42. The Morgan fingerprint density at radius 3 is 3.00 bits per heavy atom. The van der Waals surface area contributed by atoms with Gasteiger partial charge in [0.05, 0.1) is 0 Å². The van der Waals surface area contributed by atoms with Crippen LogP contribution in [-0.2, 0) is 4.74 Å². The third-order valence-electron chi connectivity index (χ3n) is 2.26. The molecule has 0 aromatic heterocycles. The summed E-state index contributed by atoms with van der Waals surface area (Å²) in [6, 6.07) is 0.659. The van der Waals surface area contributed by atoms with Gasteiger partial charge in [-0.15, -0.1) is 0 Å². The number of nitrogens with one attached hydrogen (secondary N) is 1. The molecule has 0 aliphatic carbocycles. The van der Waals surface area contributed by atoms with Gasteiger partial charge < -0.3 is 10.1 Å². The molecule has 1 aliphatic heterocycles. The van der Waals surface area contributed by atoms with Crippen molar-refractivity contribution in [3.8, 4) is 0 Å². The maximum Gasteiger partial charge on any atom is 0.0495 e. The summed E-state index contributed by atoms with van der Waals surface area (Å²) in [5, 5.41) is 3.42. The molecule has 0 radical (unpaired) electrons. The van der Waals surface area contributed by atoms with E-state index in [0.29, 0.717) is 6.04 Å². The van der Waals surface area contributed by atoms with Gasteiger partial charge in [-0.2, -0.15) is 0 Å². The smallest absolute Gasteiger partial charge is 0.0495 e. The quantitative estimate of drug-likeness (QED) is 0.666. The monoisotopic (exact) mass is 157 g/mol. The van der Waals surface area contributed by atoms with Crippen molar-refractivity contribution >= 4 is 0 Å². The van der Waals surface area contributed by atoms with Gasteiger partial charge in [0.15, 0.2) is 0 Å². The minimum atomic E-state index is 0.659. The average molecular weight is 157 g/mol. The summed E-state index contributed by atoms with van der Waals surface area (Å²) in [6.45, 7) is 7.44. The highest BCUT2D eigenvalue weighted by atomic mass is 16.5. The lowest BCUT2D eigenvalue weighted by molar-refractivity contribution is 0.182. The van der Waals surface area contributed by atoms with Crippen LogP contribution in [0.4, 0.5) is 0 Å². The molecule has 0 spiro atoms. The van der Waals surface area contributed by atoms with Crippen LogP contribution in [0.5, 0.6) is 0 Å². The predicted octanol–water partition coefficient (Wildman–Crippen LogP) is 1.41. The van der Waals surface area contributed by atoms with Crippen LogP contribution < -0.4 is 5.32 Å². The largest absolute Gasteiger partial charge is 0.381 e. The highest BCUT2D eigenvalue weighted by Crippen LogP contribution is 2.17. The van der Waals surface area contributed by atoms with Crippen molar-refractivity contribution in [3.63, 3.8) is 0 Å². The van der Waals surface area contributed by atoms with Gasteiger partial charge in [0.25, 0.3) is 0 Å². The van der Waals surface area contributed by atoms with E-state index in [0.717, 1.165) is 25.7 Å². The second kappa shape index (κ2) is 4.73. The molecule has 0 bridgehead atoms. The minimum Gasteiger partial charge on any atom is -0.381 e. The molecule has 0 saturated carbocycles. The fraction of sp³-hybridized carbons (Fsp3) is 1.00. The van der Waals surface area contributed by atoms with Gasteiger partial charge in [-0.25, -0.2) is 0 Å². The van der Waals surface area contributed by atoms with Gasteiger partial charge in [0.2, 0.25) is 0 Å². The van der Waals surface area contributed by atoms with Gasteiger partial charge >= 0.3 is 0 Å². The first kappa shape index (κ1) is 9.01.